The molecular weight excluding hydrogens is 196 g/mol. The summed E-state index contributed by atoms with van der Waals surface area (Å²) in [7, 11) is -5.61. The molecule has 9 heteroatoms. The molecule has 0 saturated heterocycles. The largest absolute Gasteiger partial charge is 1.00 e. The van der Waals surface area contributed by atoms with E-state index in [1.54, 1.807) is 0 Å². The number of rotatable bonds is 0. The van der Waals surface area contributed by atoms with Crippen molar-refractivity contribution in [2.75, 3.05) is 0 Å². The summed E-state index contributed by atoms with van der Waals surface area (Å²) >= 11 is 0. The molecule has 4 nitrogen and oxygen atoms in total. The van der Waals surface area contributed by atoms with Gasteiger partial charge in [0.05, 0.1) is 0 Å². The second-order valence-corrected chi connectivity index (χ2v) is 1.50. The zero-order chi connectivity index (χ0) is 4.50. The summed E-state index contributed by atoms with van der Waals surface area (Å²) in [5.41, 5.74) is 0. The van der Waals surface area contributed by atoms with Gasteiger partial charge in [-0.1, -0.05) is 7.43 Å². The van der Waals surface area contributed by atoms with Crippen molar-refractivity contribution in [1.82, 2.24) is 0 Å². The first-order valence-corrected chi connectivity index (χ1v) is 2.45. The van der Waals surface area contributed by atoms with E-state index in [2.05, 4.69) is 0 Å². The molecule has 0 radical (unpaired) electrons. The molecule has 0 aliphatic rings. The maximum absolute atomic E-state index is 8.58. The molecule has 0 bridgehead atoms. The van der Waals surface area contributed by atoms with Crippen LogP contribution in [0.1, 0.15) is 7.43 Å². The molecule has 0 heterocycles. The predicted octanol–water partition coefficient (Wildman–Crippen LogP) is -16.5. The van der Waals surface area contributed by atoms with Crippen LogP contribution in [0, 0.1) is 0 Å². The van der Waals surface area contributed by atoms with Crippen LogP contribution in [0.15, 0.2) is 0 Å². The molecule has 0 aliphatic heterocycles. The third-order valence-electron chi connectivity index (χ3n) is 0. The minimum absolute atomic E-state index is 0. The fourth-order valence-electron chi connectivity index (χ4n) is 0. The third kappa shape index (κ3) is 89.6. The molecule has 0 aromatic rings. The van der Waals surface area contributed by atoms with Gasteiger partial charge in [0, 0.05) is 0 Å². The van der Waals surface area contributed by atoms with E-state index in [9.17, 15) is 0 Å². The van der Waals surface area contributed by atoms with Gasteiger partial charge in [0.2, 0.25) is 0 Å². The second-order valence-electron chi connectivity index (χ2n) is 0.500. The zero-order valence-electron chi connectivity index (χ0n) is 6.13. The summed E-state index contributed by atoms with van der Waals surface area (Å²) in [6.07, 6.45) is 0. The van der Waals surface area contributed by atoms with E-state index in [1.165, 1.54) is 0 Å². The van der Waals surface area contributed by atoms with Crippen LogP contribution in [0.25, 0.3) is 0 Å². The Labute approximate surface area is 150 Å². The first kappa shape index (κ1) is 36.9. The Balaban J connectivity index is -0.00000000800. The van der Waals surface area contributed by atoms with Gasteiger partial charge in [0.1, 0.15) is 0 Å². The molecule has 0 aromatic heterocycles. The van der Waals surface area contributed by atoms with Gasteiger partial charge in [0.25, 0.3) is 0 Å². The van der Waals surface area contributed by atoms with Gasteiger partial charge in [-0.25, -0.2) is 0 Å². The molecule has 0 spiro atoms. The van der Waals surface area contributed by atoms with Crippen molar-refractivity contribution in [3.05, 3.63) is 0 Å². The molecule has 0 aromatic carbocycles. The van der Waals surface area contributed by atoms with Crippen LogP contribution in [0.2, 0.25) is 0 Å². The molecule has 0 amide bonds. The Morgan fingerprint density at radius 2 is 0.600 bits per heavy atom. The van der Waals surface area contributed by atoms with E-state index < -0.39 is 9.05 Å². The second kappa shape index (κ2) is 18.8. The van der Waals surface area contributed by atoms with Crippen molar-refractivity contribution >= 4 is 9.05 Å². The minimum atomic E-state index is -5.61. The summed E-state index contributed by atoms with van der Waals surface area (Å²) < 4.78 is 0. The summed E-state index contributed by atoms with van der Waals surface area (Å²) in [6, 6.07) is 0. The van der Waals surface area contributed by atoms with Crippen LogP contribution in [-0.4, -0.2) is 9.05 Å². The Morgan fingerprint density at radius 3 is 0.600 bits per heavy atom. The third-order valence-corrected chi connectivity index (χ3v) is 0. The molecule has 0 fully saturated rings. The van der Waals surface area contributed by atoms with Gasteiger partial charge < -0.3 is 28.2 Å². The topological polar surface area (TPSA) is 92.2 Å². The summed E-state index contributed by atoms with van der Waals surface area (Å²) in [5, 5.41) is 0. The molecule has 10 heavy (non-hydrogen) atoms. The smallest absolute Gasteiger partial charge is 0.894 e. The maximum Gasteiger partial charge on any atom is 1.00 e. The zero-order valence-corrected chi connectivity index (χ0v) is 15.1. The summed E-state index contributed by atoms with van der Waals surface area (Å²) in [4.78, 5) is 34.3. The molecule has 0 aliphatic carbocycles. The Morgan fingerprint density at radius 1 is 0.600 bits per heavy atom. The Kier molecular flexibility index (Phi) is 69.3. The van der Waals surface area contributed by atoms with Crippen LogP contribution in [-0.2, 0) is 0 Å². The summed E-state index contributed by atoms with van der Waals surface area (Å²) in [6.45, 7) is 0. The van der Waals surface area contributed by atoms with E-state index in [-0.39, 0.29) is 126 Å². The van der Waals surface area contributed by atoms with Gasteiger partial charge >= 0.3 is 118 Å². The quantitative estimate of drug-likeness (QED) is 0.363. The molecule has 0 saturated carbocycles. The van der Waals surface area contributed by atoms with E-state index in [0.717, 1.165) is 0 Å². The van der Waals surface area contributed by atoms with Crippen molar-refractivity contribution in [2.24, 2.45) is 0 Å². The molecule has 0 atom stereocenters. The predicted molar refractivity (Wildman–Crippen MR) is 12.5 cm³/mol. The fraction of sp³-hybridized carbons (Fsp3) is 1.00. The molecule has 0 unspecified atom stereocenters. The first-order chi connectivity index (χ1) is 2.00. The minimum Gasteiger partial charge on any atom is -0.894 e. The van der Waals surface area contributed by atoms with Crippen molar-refractivity contribution in [2.45, 2.75) is 7.43 Å². The SMILES string of the molecule is C.[Na+].[Na+].[Na+].[Na+].[O-][Si]([O-])([O-])[O-]. The molecule has 0 rings (SSSR count). The van der Waals surface area contributed by atoms with Gasteiger partial charge in [0.15, 0.2) is 0 Å². The van der Waals surface area contributed by atoms with Crippen LogP contribution >= 0.6 is 0 Å². The van der Waals surface area contributed by atoms with Crippen LogP contribution < -0.4 is 137 Å². The van der Waals surface area contributed by atoms with Crippen molar-refractivity contribution in [3.8, 4) is 0 Å². The molecule has 40 valence electrons. The summed E-state index contributed by atoms with van der Waals surface area (Å²) in [5.74, 6) is 0. The normalized spacial score (nSPS) is 6.00. The number of hydrogen-bond donors (Lipinski definition) is 0. The van der Waals surface area contributed by atoms with Gasteiger partial charge in [-0.05, 0) is 0 Å². The fourth-order valence-corrected chi connectivity index (χ4v) is 0. The van der Waals surface area contributed by atoms with Crippen LogP contribution in [0.4, 0.5) is 0 Å². The van der Waals surface area contributed by atoms with E-state index in [4.69, 9.17) is 19.2 Å². The Bertz CT molecular complexity index is 32.7. The van der Waals surface area contributed by atoms with E-state index in [0.29, 0.717) is 0 Å². The standard InChI is InChI=1S/CH4.4Na.O4Si/c;;;;;1-5(2,3)4/h1H4;;;;;/q;4*+1;-4. The maximum atomic E-state index is 8.58. The van der Waals surface area contributed by atoms with Crippen molar-refractivity contribution in [3.63, 3.8) is 0 Å². The first-order valence-electron chi connectivity index (χ1n) is 0.816. The Hall–Kier alpha value is 4.06. The average Bonchev–Trinajstić information content (AvgIpc) is 0.722. The van der Waals surface area contributed by atoms with Gasteiger partial charge in [-0.2, -0.15) is 0 Å². The van der Waals surface area contributed by atoms with Crippen molar-refractivity contribution in [1.29, 1.82) is 0 Å². The van der Waals surface area contributed by atoms with E-state index >= 15 is 0 Å². The molecule has 0 N–H and O–H groups in total. The van der Waals surface area contributed by atoms with E-state index in [1.807, 2.05) is 0 Å². The van der Waals surface area contributed by atoms with Crippen LogP contribution in [0.5, 0.6) is 0 Å². The number of hydrogen-bond acceptors (Lipinski definition) is 4. The van der Waals surface area contributed by atoms with Crippen LogP contribution in [0.3, 0.4) is 0 Å². The monoisotopic (exact) mass is 200 g/mol. The average molecular weight is 200 g/mol. The van der Waals surface area contributed by atoms with Gasteiger partial charge in [-0.15, -0.1) is 0 Å². The van der Waals surface area contributed by atoms with Gasteiger partial charge in [-0.3, -0.25) is 0 Å². The van der Waals surface area contributed by atoms with Crippen molar-refractivity contribution < 1.29 is 137 Å². The molecular formula is CH4Na4O4Si.